The van der Waals surface area contributed by atoms with Crippen LogP contribution in [0, 0.1) is 0 Å². The lowest BCUT2D eigenvalue weighted by atomic mass is 10.00. The standard InChI is InChI=1S/C23H24N2O4/c1-4-29-23(28)20(16-25(2)3)24-15-19(21(26)17-11-7-5-8-12-17)22(27)18-13-9-6-10-14-18/h5-16,26H,4H2,1-3H3/b20-16-,21-19?,24-15?. The molecular formula is C23H24N2O4. The van der Waals surface area contributed by atoms with Crippen molar-refractivity contribution < 1.29 is 19.4 Å². The Morgan fingerprint density at radius 3 is 2.07 bits per heavy atom. The van der Waals surface area contributed by atoms with E-state index < -0.39 is 11.8 Å². The van der Waals surface area contributed by atoms with Gasteiger partial charge in [0.1, 0.15) is 5.76 Å². The van der Waals surface area contributed by atoms with Gasteiger partial charge in [-0.15, -0.1) is 0 Å². The zero-order valence-electron chi connectivity index (χ0n) is 16.7. The van der Waals surface area contributed by atoms with Gasteiger partial charge in [0, 0.05) is 37.6 Å². The molecule has 29 heavy (non-hydrogen) atoms. The van der Waals surface area contributed by atoms with Gasteiger partial charge in [0.25, 0.3) is 0 Å². The summed E-state index contributed by atoms with van der Waals surface area (Å²) < 4.78 is 5.02. The third-order valence-electron chi connectivity index (χ3n) is 3.78. The molecule has 0 unspecified atom stereocenters. The molecule has 6 heteroatoms. The summed E-state index contributed by atoms with van der Waals surface area (Å²) in [6, 6.07) is 17.2. The van der Waals surface area contributed by atoms with Crippen molar-refractivity contribution in [2.75, 3.05) is 20.7 Å². The molecule has 0 aliphatic carbocycles. The molecule has 2 aromatic rings. The number of carbonyl (C=O) groups is 2. The summed E-state index contributed by atoms with van der Waals surface area (Å²) in [4.78, 5) is 31.0. The number of hydrogen-bond acceptors (Lipinski definition) is 6. The maximum Gasteiger partial charge on any atom is 0.358 e. The second-order valence-corrected chi connectivity index (χ2v) is 6.28. The smallest absolute Gasteiger partial charge is 0.358 e. The summed E-state index contributed by atoms with van der Waals surface area (Å²) in [5.74, 6) is -1.26. The van der Waals surface area contributed by atoms with Crippen molar-refractivity contribution in [3.05, 3.63) is 89.3 Å². The third-order valence-corrected chi connectivity index (χ3v) is 3.78. The minimum Gasteiger partial charge on any atom is -0.506 e. The number of Topliss-reactive ketones (excluding diaryl/α,β-unsaturated/α-hetero) is 1. The van der Waals surface area contributed by atoms with Gasteiger partial charge in [-0.2, -0.15) is 0 Å². The molecule has 0 spiro atoms. The lowest BCUT2D eigenvalue weighted by Gasteiger charge is -2.09. The fraction of sp³-hybridized carbons (Fsp3) is 0.174. The molecule has 0 aliphatic rings. The average Bonchev–Trinajstić information content (AvgIpc) is 2.73. The second-order valence-electron chi connectivity index (χ2n) is 6.28. The number of ketones is 1. The van der Waals surface area contributed by atoms with E-state index in [-0.39, 0.29) is 23.6 Å². The summed E-state index contributed by atoms with van der Waals surface area (Å²) in [5, 5.41) is 10.8. The molecule has 0 aliphatic heterocycles. The number of benzene rings is 2. The van der Waals surface area contributed by atoms with Crippen LogP contribution in [-0.4, -0.2) is 48.7 Å². The van der Waals surface area contributed by atoms with E-state index in [1.807, 2.05) is 6.07 Å². The normalized spacial score (nSPS) is 12.4. The number of aliphatic hydroxyl groups excluding tert-OH is 1. The summed E-state index contributed by atoms with van der Waals surface area (Å²) in [6.07, 6.45) is 2.68. The van der Waals surface area contributed by atoms with Gasteiger partial charge in [-0.3, -0.25) is 4.79 Å². The van der Waals surface area contributed by atoms with E-state index in [4.69, 9.17) is 4.74 Å². The largest absolute Gasteiger partial charge is 0.506 e. The first kappa shape index (κ1) is 21.6. The van der Waals surface area contributed by atoms with Gasteiger partial charge in [0.2, 0.25) is 0 Å². The van der Waals surface area contributed by atoms with E-state index in [9.17, 15) is 14.7 Å². The fourth-order valence-corrected chi connectivity index (χ4v) is 2.45. The Bertz CT molecular complexity index is 930. The first-order chi connectivity index (χ1) is 13.9. The number of aliphatic imine (C=N–C) groups is 1. The van der Waals surface area contributed by atoms with Crippen LogP contribution in [0.15, 0.2) is 83.1 Å². The fourth-order valence-electron chi connectivity index (χ4n) is 2.45. The van der Waals surface area contributed by atoms with Gasteiger partial charge >= 0.3 is 5.97 Å². The zero-order valence-corrected chi connectivity index (χ0v) is 16.7. The first-order valence-corrected chi connectivity index (χ1v) is 9.11. The third kappa shape index (κ3) is 6.17. The molecule has 2 aromatic carbocycles. The van der Waals surface area contributed by atoms with E-state index in [1.165, 1.54) is 12.4 Å². The predicted octanol–water partition coefficient (Wildman–Crippen LogP) is 3.88. The van der Waals surface area contributed by atoms with Crippen LogP contribution in [0.25, 0.3) is 5.76 Å². The number of aliphatic hydroxyl groups is 1. The molecule has 0 saturated heterocycles. The Morgan fingerprint density at radius 1 is 1.00 bits per heavy atom. The lowest BCUT2D eigenvalue weighted by molar-refractivity contribution is -0.138. The van der Waals surface area contributed by atoms with Gasteiger partial charge in [0.15, 0.2) is 11.5 Å². The van der Waals surface area contributed by atoms with Crippen molar-refractivity contribution in [1.29, 1.82) is 0 Å². The number of esters is 1. The molecule has 0 amide bonds. The SMILES string of the molecule is CCOC(=O)/C(=C/N(C)C)N=CC(C(=O)c1ccccc1)=C(O)c1ccccc1. The molecule has 0 saturated carbocycles. The van der Waals surface area contributed by atoms with Crippen molar-refractivity contribution in [3.63, 3.8) is 0 Å². The van der Waals surface area contributed by atoms with E-state index in [2.05, 4.69) is 4.99 Å². The van der Waals surface area contributed by atoms with Gasteiger partial charge in [-0.05, 0) is 6.92 Å². The van der Waals surface area contributed by atoms with Gasteiger partial charge in [-0.1, -0.05) is 60.7 Å². The summed E-state index contributed by atoms with van der Waals surface area (Å²) in [6.45, 7) is 1.89. The number of rotatable bonds is 8. The maximum absolute atomic E-state index is 13.0. The number of allylic oxidation sites excluding steroid dienone is 1. The zero-order chi connectivity index (χ0) is 21.2. The Hall–Kier alpha value is -3.67. The van der Waals surface area contributed by atoms with Crippen molar-refractivity contribution in [1.82, 2.24) is 4.90 Å². The molecular weight excluding hydrogens is 368 g/mol. The second kappa shape index (κ2) is 10.6. The Kier molecular flexibility index (Phi) is 7.91. The van der Waals surface area contributed by atoms with Crippen LogP contribution in [0.4, 0.5) is 0 Å². The highest BCUT2D eigenvalue weighted by Gasteiger charge is 2.18. The molecule has 0 atom stereocenters. The average molecular weight is 392 g/mol. The quantitative estimate of drug-likeness (QED) is 0.242. The first-order valence-electron chi connectivity index (χ1n) is 9.11. The van der Waals surface area contributed by atoms with Crippen LogP contribution in [0.2, 0.25) is 0 Å². The molecule has 6 nitrogen and oxygen atoms in total. The predicted molar refractivity (Wildman–Crippen MR) is 114 cm³/mol. The van der Waals surface area contributed by atoms with Gasteiger partial charge < -0.3 is 14.7 Å². The van der Waals surface area contributed by atoms with Crippen molar-refractivity contribution in [2.45, 2.75) is 6.92 Å². The number of nitrogens with zero attached hydrogens (tertiary/aromatic N) is 2. The number of ether oxygens (including phenoxy) is 1. The van der Waals surface area contributed by atoms with Crippen molar-refractivity contribution >= 4 is 23.7 Å². The van der Waals surface area contributed by atoms with Crippen LogP contribution in [0.3, 0.4) is 0 Å². The van der Waals surface area contributed by atoms with Crippen LogP contribution < -0.4 is 0 Å². The van der Waals surface area contributed by atoms with E-state index in [0.29, 0.717) is 11.1 Å². The molecule has 0 fully saturated rings. The monoisotopic (exact) mass is 392 g/mol. The molecule has 0 aromatic heterocycles. The topological polar surface area (TPSA) is 79.2 Å². The van der Waals surface area contributed by atoms with E-state index >= 15 is 0 Å². The van der Waals surface area contributed by atoms with Crippen LogP contribution >= 0.6 is 0 Å². The molecule has 0 radical (unpaired) electrons. The summed E-state index contributed by atoms with van der Waals surface area (Å²) in [5.41, 5.74) is 0.839. The van der Waals surface area contributed by atoms with Gasteiger partial charge in [0.05, 0.1) is 12.2 Å². The minimum absolute atomic E-state index is 0.0103. The highest BCUT2D eigenvalue weighted by atomic mass is 16.5. The van der Waals surface area contributed by atoms with E-state index in [0.717, 1.165) is 0 Å². The number of hydrogen-bond donors (Lipinski definition) is 1. The van der Waals surface area contributed by atoms with Crippen molar-refractivity contribution in [3.8, 4) is 0 Å². The van der Waals surface area contributed by atoms with Gasteiger partial charge in [-0.25, -0.2) is 9.79 Å². The van der Waals surface area contributed by atoms with Crippen LogP contribution in [0.5, 0.6) is 0 Å². The van der Waals surface area contributed by atoms with Crippen LogP contribution in [0.1, 0.15) is 22.8 Å². The summed E-state index contributed by atoms with van der Waals surface area (Å²) >= 11 is 0. The van der Waals surface area contributed by atoms with Crippen LogP contribution in [-0.2, 0) is 9.53 Å². The highest BCUT2D eigenvalue weighted by molar-refractivity contribution is 6.25. The van der Waals surface area contributed by atoms with E-state index in [1.54, 1.807) is 80.5 Å². The lowest BCUT2D eigenvalue weighted by Crippen LogP contribution is -2.13. The number of carbonyl (C=O) groups excluding carboxylic acids is 2. The Balaban J connectivity index is 2.54. The minimum atomic E-state index is -0.622. The Labute approximate surface area is 170 Å². The maximum atomic E-state index is 13.0. The molecule has 150 valence electrons. The highest BCUT2D eigenvalue weighted by Crippen LogP contribution is 2.19. The molecule has 1 N–H and O–H groups in total. The molecule has 2 rings (SSSR count). The van der Waals surface area contributed by atoms with Crippen molar-refractivity contribution in [2.24, 2.45) is 4.99 Å². The Morgan fingerprint density at radius 2 is 1.55 bits per heavy atom. The summed E-state index contributed by atoms with van der Waals surface area (Å²) in [7, 11) is 3.48. The molecule has 0 heterocycles. The molecule has 0 bridgehead atoms.